The Morgan fingerprint density at radius 3 is 2.33 bits per heavy atom. The average molecular weight is 416 g/mol. The summed E-state index contributed by atoms with van der Waals surface area (Å²) in [6.45, 7) is 9.85. The largest absolute Gasteiger partial charge is 0.496 e. The van der Waals surface area contributed by atoms with Crippen LogP contribution in [0.25, 0.3) is 0 Å². The van der Waals surface area contributed by atoms with Gasteiger partial charge < -0.3 is 15.0 Å². The molecule has 166 valence electrons. The molecular weight excluding hydrogens is 378 g/mol. The molecule has 30 heavy (non-hydrogen) atoms. The van der Waals surface area contributed by atoms with E-state index in [1.165, 1.54) is 12.8 Å². The third kappa shape index (κ3) is 5.34. The number of carbonyl (C=O) groups excluding carboxylic acids is 2. The molecule has 1 aromatic rings. The Labute approximate surface area is 180 Å². The van der Waals surface area contributed by atoms with E-state index in [-0.39, 0.29) is 29.2 Å². The van der Waals surface area contributed by atoms with Crippen LogP contribution in [0.5, 0.6) is 5.75 Å². The normalized spacial score (nSPS) is 19.5. The second kappa shape index (κ2) is 9.82. The summed E-state index contributed by atoms with van der Waals surface area (Å²) >= 11 is 0. The highest BCUT2D eigenvalue weighted by molar-refractivity contribution is 5.82. The van der Waals surface area contributed by atoms with Crippen molar-refractivity contribution in [3.63, 3.8) is 0 Å². The van der Waals surface area contributed by atoms with E-state index in [1.807, 2.05) is 43.9 Å². The van der Waals surface area contributed by atoms with Crippen molar-refractivity contribution in [2.45, 2.75) is 52.5 Å². The molecule has 0 bridgehead atoms. The highest BCUT2D eigenvalue weighted by Crippen LogP contribution is 2.31. The van der Waals surface area contributed by atoms with Gasteiger partial charge in [0.2, 0.25) is 11.8 Å². The lowest BCUT2D eigenvalue weighted by Crippen LogP contribution is -2.47. The van der Waals surface area contributed by atoms with Crippen LogP contribution in [0.4, 0.5) is 0 Å². The Hall–Kier alpha value is -2.08. The number of nitrogens with zero attached hydrogens (tertiary/aromatic N) is 2. The van der Waals surface area contributed by atoms with Gasteiger partial charge in [-0.1, -0.05) is 39.0 Å². The minimum absolute atomic E-state index is 0.0223. The summed E-state index contributed by atoms with van der Waals surface area (Å²) in [5.74, 6) is 1.13. The second-order valence-electron chi connectivity index (χ2n) is 9.56. The quantitative estimate of drug-likeness (QED) is 0.775. The molecule has 2 heterocycles. The van der Waals surface area contributed by atoms with Crippen LogP contribution in [0.1, 0.15) is 58.1 Å². The summed E-state index contributed by atoms with van der Waals surface area (Å²) in [7, 11) is 1.70. The van der Waals surface area contributed by atoms with Crippen molar-refractivity contribution in [2.75, 3.05) is 39.8 Å². The molecule has 1 atom stereocenters. The molecule has 3 rings (SSSR count). The molecule has 2 aliphatic rings. The van der Waals surface area contributed by atoms with Crippen LogP contribution >= 0.6 is 0 Å². The number of rotatable bonds is 6. The fraction of sp³-hybridized carbons (Fsp3) is 0.667. The highest BCUT2D eigenvalue weighted by Gasteiger charge is 2.33. The van der Waals surface area contributed by atoms with Crippen LogP contribution < -0.4 is 10.1 Å². The minimum Gasteiger partial charge on any atom is -0.496 e. The average Bonchev–Trinajstić information content (AvgIpc) is 3.27. The Balaban J connectivity index is 1.59. The topological polar surface area (TPSA) is 61.9 Å². The molecule has 2 amide bonds. The maximum atomic E-state index is 12.9. The highest BCUT2D eigenvalue weighted by atomic mass is 16.5. The molecule has 0 spiro atoms. The van der Waals surface area contributed by atoms with Gasteiger partial charge in [-0.15, -0.1) is 0 Å². The fourth-order valence-electron chi connectivity index (χ4n) is 4.59. The number of carbonyl (C=O) groups is 2. The molecule has 1 unspecified atom stereocenters. The van der Waals surface area contributed by atoms with Crippen molar-refractivity contribution in [1.29, 1.82) is 0 Å². The summed E-state index contributed by atoms with van der Waals surface area (Å²) in [4.78, 5) is 29.8. The number of para-hydroxylation sites is 1. The Kier molecular flexibility index (Phi) is 7.40. The zero-order chi connectivity index (χ0) is 21.7. The van der Waals surface area contributed by atoms with Gasteiger partial charge in [-0.3, -0.25) is 14.5 Å². The maximum Gasteiger partial charge on any atom is 0.227 e. The first kappa shape index (κ1) is 22.6. The second-order valence-corrected chi connectivity index (χ2v) is 9.56. The van der Waals surface area contributed by atoms with E-state index in [0.717, 1.165) is 37.2 Å². The first-order chi connectivity index (χ1) is 14.3. The molecule has 0 aliphatic carbocycles. The molecule has 0 saturated carbocycles. The van der Waals surface area contributed by atoms with Gasteiger partial charge in [0.25, 0.3) is 0 Å². The predicted molar refractivity (Wildman–Crippen MR) is 118 cm³/mol. The zero-order valence-corrected chi connectivity index (χ0v) is 18.9. The lowest BCUT2D eigenvalue weighted by Gasteiger charge is -2.35. The van der Waals surface area contributed by atoms with Gasteiger partial charge in [0, 0.05) is 36.5 Å². The fourth-order valence-corrected chi connectivity index (χ4v) is 4.59. The third-order valence-corrected chi connectivity index (χ3v) is 6.34. The number of benzene rings is 1. The number of nitrogens with one attached hydrogen (secondary N) is 1. The summed E-state index contributed by atoms with van der Waals surface area (Å²) in [5, 5.41) is 3.21. The maximum absolute atomic E-state index is 12.9. The number of hydrogen-bond donors (Lipinski definition) is 1. The summed E-state index contributed by atoms with van der Waals surface area (Å²) in [5.41, 5.74) is 0.764. The predicted octanol–water partition coefficient (Wildman–Crippen LogP) is 3.23. The minimum atomic E-state index is -0.368. The third-order valence-electron chi connectivity index (χ3n) is 6.34. The first-order valence-electron chi connectivity index (χ1n) is 11.3. The van der Waals surface area contributed by atoms with Gasteiger partial charge in [-0.25, -0.2) is 0 Å². The number of piperidine rings is 1. The van der Waals surface area contributed by atoms with E-state index < -0.39 is 0 Å². The van der Waals surface area contributed by atoms with Crippen LogP contribution in [0.2, 0.25) is 0 Å². The van der Waals surface area contributed by atoms with Crippen molar-refractivity contribution in [2.24, 2.45) is 11.3 Å². The number of ether oxygens (including phenoxy) is 1. The van der Waals surface area contributed by atoms with Gasteiger partial charge in [-0.2, -0.15) is 0 Å². The van der Waals surface area contributed by atoms with Crippen molar-refractivity contribution < 1.29 is 14.3 Å². The lowest BCUT2D eigenvalue weighted by atomic mass is 9.90. The van der Waals surface area contributed by atoms with E-state index in [1.54, 1.807) is 7.11 Å². The Morgan fingerprint density at radius 2 is 1.73 bits per heavy atom. The van der Waals surface area contributed by atoms with E-state index in [0.29, 0.717) is 19.6 Å². The van der Waals surface area contributed by atoms with Gasteiger partial charge in [0.1, 0.15) is 5.75 Å². The van der Waals surface area contributed by atoms with Crippen molar-refractivity contribution in [1.82, 2.24) is 15.1 Å². The standard InChI is InChI=1S/C24H37N3O3/c1-24(2,3)23(29)27-15-11-18(12-16-27)22(28)25-17-20(26-13-7-8-14-26)19-9-5-6-10-21(19)30-4/h5-6,9-10,18,20H,7-8,11-17H2,1-4H3,(H,25,28). The van der Waals surface area contributed by atoms with E-state index in [9.17, 15) is 9.59 Å². The SMILES string of the molecule is COc1ccccc1C(CNC(=O)C1CCN(C(=O)C(C)(C)C)CC1)N1CCCC1. The van der Waals surface area contributed by atoms with Gasteiger partial charge in [0.15, 0.2) is 0 Å². The van der Waals surface area contributed by atoms with Crippen molar-refractivity contribution in [3.05, 3.63) is 29.8 Å². The van der Waals surface area contributed by atoms with Gasteiger partial charge in [0.05, 0.1) is 13.2 Å². The van der Waals surface area contributed by atoms with Crippen molar-refractivity contribution in [3.8, 4) is 5.75 Å². The number of hydrogen-bond acceptors (Lipinski definition) is 4. The lowest BCUT2D eigenvalue weighted by molar-refractivity contribution is -0.142. The molecule has 1 N–H and O–H groups in total. The van der Waals surface area contributed by atoms with Crippen LogP contribution in [0.15, 0.2) is 24.3 Å². The monoisotopic (exact) mass is 415 g/mol. The Bertz CT molecular complexity index is 729. The first-order valence-corrected chi connectivity index (χ1v) is 11.3. The molecular formula is C24H37N3O3. The molecule has 2 saturated heterocycles. The molecule has 6 heteroatoms. The van der Waals surface area contributed by atoms with E-state index in [4.69, 9.17) is 4.74 Å². The number of amides is 2. The molecule has 0 aromatic heterocycles. The van der Waals surface area contributed by atoms with Crippen LogP contribution in [0.3, 0.4) is 0 Å². The molecule has 2 fully saturated rings. The van der Waals surface area contributed by atoms with Crippen LogP contribution in [-0.2, 0) is 9.59 Å². The molecule has 2 aliphatic heterocycles. The van der Waals surface area contributed by atoms with Crippen molar-refractivity contribution >= 4 is 11.8 Å². The number of methoxy groups -OCH3 is 1. The van der Waals surface area contributed by atoms with Gasteiger partial charge >= 0.3 is 0 Å². The smallest absolute Gasteiger partial charge is 0.227 e. The molecule has 1 aromatic carbocycles. The summed E-state index contributed by atoms with van der Waals surface area (Å²) < 4.78 is 5.59. The van der Waals surface area contributed by atoms with E-state index in [2.05, 4.69) is 16.3 Å². The van der Waals surface area contributed by atoms with Gasteiger partial charge in [-0.05, 0) is 44.8 Å². The summed E-state index contributed by atoms with van der Waals surface area (Å²) in [6.07, 6.45) is 3.85. The van der Waals surface area contributed by atoms with Crippen LogP contribution in [-0.4, -0.2) is 61.4 Å². The van der Waals surface area contributed by atoms with E-state index >= 15 is 0 Å². The van der Waals surface area contributed by atoms with Crippen LogP contribution in [0, 0.1) is 11.3 Å². The zero-order valence-electron chi connectivity index (χ0n) is 18.9. The Morgan fingerprint density at radius 1 is 1.10 bits per heavy atom. The molecule has 6 nitrogen and oxygen atoms in total. The molecule has 0 radical (unpaired) electrons. The number of likely N-dealkylation sites (tertiary alicyclic amines) is 2. The summed E-state index contributed by atoms with van der Waals surface area (Å²) in [6, 6.07) is 8.22.